The van der Waals surface area contributed by atoms with Crippen molar-refractivity contribution in [3.8, 4) is 17.2 Å². The van der Waals surface area contributed by atoms with Crippen molar-refractivity contribution in [3.63, 3.8) is 0 Å². The summed E-state index contributed by atoms with van der Waals surface area (Å²) in [4.78, 5) is 41.2. The fourth-order valence-electron chi connectivity index (χ4n) is 3.49. The number of benzene rings is 1. The number of carbonyl (C=O) groups excluding carboxylic acids is 1. The van der Waals surface area contributed by atoms with E-state index < -0.39 is 5.69 Å². The summed E-state index contributed by atoms with van der Waals surface area (Å²) < 4.78 is 20.0. The number of hydrogen-bond acceptors (Lipinski definition) is 7. The van der Waals surface area contributed by atoms with Gasteiger partial charge in [-0.3, -0.25) is 18.7 Å². The van der Waals surface area contributed by atoms with Gasteiger partial charge in [0.05, 0.1) is 27.7 Å². The molecule has 2 aromatic heterocycles. The molecule has 172 valence electrons. The quantitative estimate of drug-likeness (QED) is 0.481. The van der Waals surface area contributed by atoms with Crippen LogP contribution in [0.2, 0.25) is 0 Å². The van der Waals surface area contributed by atoms with Crippen molar-refractivity contribution < 1.29 is 19.0 Å². The Morgan fingerprint density at radius 3 is 2.25 bits per heavy atom. The van der Waals surface area contributed by atoms with Crippen molar-refractivity contribution in [2.24, 2.45) is 14.1 Å². The summed E-state index contributed by atoms with van der Waals surface area (Å²) in [5, 5.41) is 2.87. The van der Waals surface area contributed by atoms with Crippen LogP contribution in [0.4, 0.5) is 0 Å². The number of ether oxygens (including phenoxy) is 3. The van der Waals surface area contributed by atoms with Gasteiger partial charge in [0.25, 0.3) is 11.5 Å². The monoisotopic (exact) mass is 445 g/mol. The molecule has 0 fully saturated rings. The Morgan fingerprint density at radius 2 is 1.66 bits per heavy atom. The van der Waals surface area contributed by atoms with Gasteiger partial charge in [-0.2, -0.15) is 0 Å². The Labute approximate surface area is 184 Å². The molecule has 2 heterocycles. The molecule has 0 aliphatic carbocycles. The molecule has 1 aromatic carbocycles. The van der Waals surface area contributed by atoms with E-state index in [1.165, 1.54) is 32.9 Å². The average molecular weight is 445 g/mol. The maximum Gasteiger partial charge on any atom is 0.332 e. The Hall–Kier alpha value is -3.76. The molecule has 0 saturated heterocycles. The first-order valence-corrected chi connectivity index (χ1v) is 10.0. The van der Waals surface area contributed by atoms with Crippen molar-refractivity contribution in [1.29, 1.82) is 0 Å². The summed E-state index contributed by atoms with van der Waals surface area (Å²) in [6.45, 7) is 0.975. The van der Waals surface area contributed by atoms with Crippen LogP contribution in [0, 0.1) is 0 Å². The smallest absolute Gasteiger partial charge is 0.332 e. The summed E-state index contributed by atoms with van der Waals surface area (Å²) in [5.74, 6) is 0.962. The molecular weight excluding hydrogens is 418 g/mol. The Balaban J connectivity index is 1.62. The van der Waals surface area contributed by atoms with Crippen LogP contribution in [0.15, 0.2) is 28.0 Å². The third-order valence-corrected chi connectivity index (χ3v) is 5.26. The number of hydrogen-bond donors (Lipinski definition) is 1. The molecule has 11 heteroatoms. The lowest BCUT2D eigenvalue weighted by Gasteiger charge is -2.14. The van der Waals surface area contributed by atoms with Crippen LogP contribution in [0.25, 0.3) is 11.2 Å². The number of imidazole rings is 1. The number of methoxy groups -OCH3 is 3. The van der Waals surface area contributed by atoms with E-state index in [2.05, 4.69) is 10.3 Å². The molecule has 1 amide bonds. The van der Waals surface area contributed by atoms with Gasteiger partial charge in [0.2, 0.25) is 5.75 Å². The molecule has 0 aliphatic rings. The van der Waals surface area contributed by atoms with E-state index in [1.54, 1.807) is 30.1 Å². The number of carbonyl (C=O) groups is 1. The first kappa shape index (κ1) is 22.9. The summed E-state index contributed by atoms with van der Waals surface area (Å²) in [7, 11) is 7.51. The molecule has 0 spiro atoms. The molecule has 0 aliphatic heterocycles. The maximum absolute atomic E-state index is 12.5. The lowest BCUT2D eigenvalue weighted by atomic mass is 10.1. The Kier molecular flexibility index (Phi) is 6.86. The van der Waals surface area contributed by atoms with Crippen LogP contribution in [0.5, 0.6) is 17.2 Å². The molecule has 0 atom stereocenters. The van der Waals surface area contributed by atoms with E-state index in [0.29, 0.717) is 59.9 Å². The van der Waals surface area contributed by atoms with Gasteiger partial charge < -0.3 is 24.1 Å². The molecule has 32 heavy (non-hydrogen) atoms. The first-order valence-electron chi connectivity index (χ1n) is 10.0. The van der Waals surface area contributed by atoms with Crippen molar-refractivity contribution in [3.05, 3.63) is 44.9 Å². The molecule has 11 nitrogen and oxygen atoms in total. The highest BCUT2D eigenvalue weighted by Crippen LogP contribution is 2.38. The normalized spacial score (nSPS) is 10.9. The van der Waals surface area contributed by atoms with Crippen LogP contribution >= 0.6 is 0 Å². The number of nitrogens with zero attached hydrogens (tertiary/aromatic N) is 4. The third kappa shape index (κ3) is 4.18. The zero-order valence-electron chi connectivity index (χ0n) is 18.8. The lowest BCUT2D eigenvalue weighted by Crippen LogP contribution is -2.37. The standard InChI is InChI=1S/C21H27N5O6/c1-24-18-16(20(28)25(2)21(24)29)26(12-23-18)9-7-6-8-22-19(27)13-10-14(30-3)17(32-5)15(11-13)31-4/h10-12H,6-9H2,1-5H3,(H,22,27). The van der Waals surface area contributed by atoms with Crippen molar-refractivity contribution in [1.82, 2.24) is 24.0 Å². The fraction of sp³-hybridized carbons (Fsp3) is 0.429. The molecule has 3 aromatic rings. The zero-order valence-corrected chi connectivity index (χ0v) is 18.8. The molecular formula is C21H27N5O6. The highest BCUT2D eigenvalue weighted by Gasteiger charge is 2.17. The summed E-state index contributed by atoms with van der Waals surface area (Å²) in [6.07, 6.45) is 2.94. The largest absolute Gasteiger partial charge is 0.493 e. The Bertz CT molecular complexity index is 1230. The average Bonchev–Trinajstić information content (AvgIpc) is 3.23. The number of fused-ring (bicyclic) bond motifs is 1. The van der Waals surface area contributed by atoms with E-state index in [4.69, 9.17) is 14.2 Å². The summed E-state index contributed by atoms with van der Waals surface area (Å²) in [6, 6.07) is 3.18. The van der Waals surface area contributed by atoms with Crippen LogP contribution in [-0.2, 0) is 20.6 Å². The lowest BCUT2D eigenvalue weighted by molar-refractivity contribution is 0.0952. The van der Waals surface area contributed by atoms with Crippen molar-refractivity contribution >= 4 is 17.1 Å². The van der Waals surface area contributed by atoms with E-state index in [9.17, 15) is 14.4 Å². The number of nitrogens with one attached hydrogen (secondary N) is 1. The van der Waals surface area contributed by atoms with E-state index in [1.807, 2.05) is 0 Å². The van der Waals surface area contributed by atoms with E-state index in [-0.39, 0.29) is 11.5 Å². The van der Waals surface area contributed by atoms with Crippen LogP contribution < -0.4 is 30.8 Å². The zero-order chi connectivity index (χ0) is 23.4. The second kappa shape index (κ2) is 9.58. The topological polar surface area (TPSA) is 119 Å². The molecule has 0 saturated carbocycles. The van der Waals surface area contributed by atoms with Gasteiger partial charge >= 0.3 is 5.69 Å². The summed E-state index contributed by atoms with van der Waals surface area (Å²) in [5.41, 5.74) is 0.341. The minimum Gasteiger partial charge on any atom is -0.493 e. The predicted octanol–water partition coefficient (Wildman–Crippen LogP) is 0.670. The number of rotatable bonds is 9. The number of aryl methyl sites for hydroxylation is 2. The molecule has 1 N–H and O–H groups in total. The highest BCUT2D eigenvalue weighted by atomic mass is 16.5. The minimum absolute atomic E-state index is 0.263. The fourth-order valence-corrected chi connectivity index (χ4v) is 3.49. The molecule has 0 bridgehead atoms. The van der Waals surface area contributed by atoms with Gasteiger partial charge in [-0.15, -0.1) is 0 Å². The van der Waals surface area contributed by atoms with Gasteiger partial charge in [-0.05, 0) is 25.0 Å². The van der Waals surface area contributed by atoms with E-state index in [0.717, 1.165) is 4.57 Å². The van der Waals surface area contributed by atoms with Crippen LogP contribution in [0.1, 0.15) is 23.2 Å². The van der Waals surface area contributed by atoms with Crippen molar-refractivity contribution in [2.75, 3.05) is 27.9 Å². The number of unbranched alkanes of at least 4 members (excludes halogenated alkanes) is 1. The van der Waals surface area contributed by atoms with Gasteiger partial charge in [0, 0.05) is 32.7 Å². The van der Waals surface area contributed by atoms with Crippen LogP contribution in [0.3, 0.4) is 0 Å². The van der Waals surface area contributed by atoms with Crippen LogP contribution in [-0.4, -0.2) is 52.5 Å². The highest BCUT2D eigenvalue weighted by molar-refractivity contribution is 5.95. The predicted molar refractivity (Wildman–Crippen MR) is 118 cm³/mol. The van der Waals surface area contributed by atoms with Gasteiger partial charge in [-0.25, -0.2) is 9.78 Å². The van der Waals surface area contributed by atoms with Gasteiger partial charge in [0.1, 0.15) is 0 Å². The van der Waals surface area contributed by atoms with Crippen molar-refractivity contribution in [2.45, 2.75) is 19.4 Å². The summed E-state index contributed by atoms with van der Waals surface area (Å²) >= 11 is 0. The molecule has 3 rings (SSSR count). The SMILES string of the molecule is COc1cc(C(=O)NCCCCn2cnc3c2c(=O)n(C)c(=O)n3C)cc(OC)c1OC. The number of amides is 1. The second-order valence-electron chi connectivity index (χ2n) is 7.19. The third-order valence-electron chi connectivity index (χ3n) is 5.26. The van der Waals surface area contributed by atoms with Gasteiger partial charge in [0.15, 0.2) is 22.7 Å². The van der Waals surface area contributed by atoms with Gasteiger partial charge in [-0.1, -0.05) is 0 Å². The maximum atomic E-state index is 12.5. The first-order chi connectivity index (χ1) is 15.3. The molecule has 0 radical (unpaired) electrons. The molecule has 0 unspecified atom stereocenters. The number of aromatic nitrogens is 4. The second-order valence-corrected chi connectivity index (χ2v) is 7.19. The Morgan fingerprint density at radius 1 is 1.00 bits per heavy atom. The van der Waals surface area contributed by atoms with E-state index >= 15 is 0 Å². The minimum atomic E-state index is -0.415.